The summed E-state index contributed by atoms with van der Waals surface area (Å²) in [5.41, 5.74) is 2.87. The van der Waals surface area contributed by atoms with Gasteiger partial charge in [0.25, 0.3) is 0 Å². The van der Waals surface area contributed by atoms with Crippen molar-refractivity contribution < 1.29 is 0 Å². The largest absolute Gasteiger partial charge is 0.275 e. The van der Waals surface area contributed by atoms with E-state index in [0.29, 0.717) is 16.9 Å². The number of halogens is 2. The second kappa shape index (κ2) is 4.31. The van der Waals surface area contributed by atoms with Crippen LogP contribution in [-0.4, -0.2) is 19.7 Å². The van der Waals surface area contributed by atoms with Crippen LogP contribution >= 0.6 is 27.5 Å². The molecule has 3 rings (SSSR count). The van der Waals surface area contributed by atoms with Gasteiger partial charge >= 0.3 is 0 Å². The van der Waals surface area contributed by atoms with Gasteiger partial charge in [-0.1, -0.05) is 11.6 Å². The van der Waals surface area contributed by atoms with Gasteiger partial charge in [-0.3, -0.25) is 4.68 Å². The van der Waals surface area contributed by atoms with Gasteiger partial charge in [0.05, 0.1) is 21.4 Å². The van der Waals surface area contributed by atoms with Crippen LogP contribution in [0.1, 0.15) is 30.1 Å². The van der Waals surface area contributed by atoms with Crippen molar-refractivity contribution in [2.45, 2.75) is 25.7 Å². The van der Waals surface area contributed by atoms with Gasteiger partial charge in [-0.2, -0.15) is 5.10 Å². The molecule has 4 nitrogen and oxygen atoms in total. The predicted molar refractivity (Wildman–Crippen MR) is 73.7 cm³/mol. The molecule has 18 heavy (non-hydrogen) atoms. The summed E-state index contributed by atoms with van der Waals surface area (Å²) < 4.78 is 2.60. The highest BCUT2D eigenvalue weighted by Gasteiger charge is 2.29. The van der Waals surface area contributed by atoms with E-state index in [4.69, 9.17) is 11.6 Å². The minimum Gasteiger partial charge on any atom is -0.275 e. The van der Waals surface area contributed by atoms with Gasteiger partial charge in [0.1, 0.15) is 5.15 Å². The predicted octanol–water partition coefficient (Wildman–Crippen LogP) is 3.48. The van der Waals surface area contributed by atoms with Crippen molar-refractivity contribution in [3.8, 4) is 11.4 Å². The molecule has 94 valence electrons. The van der Waals surface area contributed by atoms with Gasteiger partial charge in [0.2, 0.25) is 0 Å². The molecule has 1 aliphatic carbocycles. The third-order valence-corrected chi connectivity index (χ3v) is 4.34. The fraction of sp³-hybridized carbons (Fsp3) is 0.417. The van der Waals surface area contributed by atoms with Gasteiger partial charge in [-0.25, -0.2) is 9.97 Å². The summed E-state index contributed by atoms with van der Waals surface area (Å²) in [7, 11) is 1.89. The first kappa shape index (κ1) is 12.1. The molecular formula is C12H12BrClN4. The Morgan fingerprint density at radius 1 is 1.39 bits per heavy atom. The molecule has 0 amide bonds. The summed E-state index contributed by atoms with van der Waals surface area (Å²) in [5.74, 6) is 1.19. The molecule has 0 aliphatic heterocycles. The highest BCUT2D eigenvalue weighted by molar-refractivity contribution is 9.10. The zero-order valence-corrected chi connectivity index (χ0v) is 12.5. The Hall–Kier alpha value is -0.940. The van der Waals surface area contributed by atoms with Crippen molar-refractivity contribution in [2.24, 2.45) is 7.05 Å². The van der Waals surface area contributed by atoms with E-state index in [-0.39, 0.29) is 0 Å². The van der Waals surface area contributed by atoms with E-state index in [1.54, 1.807) is 4.68 Å². The van der Waals surface area contributed by atoms with Gasteiger partial charge in [-0.15, -0.1) is 0 Å². The third kappa shape index (κ3) is 2.06. The van der Waals surface area contributed by atoms with E-state index in [0.717, 1.165) is 21.4 Å². The quantitative estimate of drug-likeness (QED) is 0.793. The smallest absolute Gasteiger partial charge is 0.164 e. The molecule has 0 unspecified atom stereocenters. The van der Waals surface area contributed by atoms with E-state index < -0.39 is 0 Å². The molecule has 2 heterocycles. The first-order valence-electron chi connectivity index (χ1n) is 5.80. The van der Waals surface area contributed by atoms with E-state index in [2.05, 4.69) is 31.0 Å². The fourth-order valence-corrected chi connectivity index (χ4v) is 2.68. The summed E-state index contributed by atoms with van der Waals surface area (Å²) in [5, 5.41) is 4.79. The first-order chi connectivity index (χ1) is 8.56. The summed E-state index contributed by atoms with van der Waals surface area (Å²) >= 11 is 9.65. The van der Waals surface area contributed by atoms with Crippen molar-refractivity contribution in [3.63, 3.8) is 0 Å². The van der Waals surface area contributed by atoms with Crippen molar-refractivity contribution >= 4 is 27.5 Å². The maximum Gasteiger partial charge on any atom is 0.164 e. The summed E-state index contributed by atoms with van der Waals surface area (Å²) in [6.45, 7) is 1.95. The molecule has 0 N–H and O–H groups in total. The highest BCUT2D eigenvalue weighted by Crippen LogP contribution is 2.44. The summed E-state index contributed by atoms with van der Waals surface area (Å²) in [4.78, 5) is 8.99. The van der Waals surface area contributed by atoms with E-state index in [1.807, 2.05) is 20.2 Å². The van der Waals surface area contributed by atoms with Crippen LogP contribution < -0.4 is 0 Å². The third-order valence-electron chi connectivity index (χ3n) is 3.05. The molecule has 0 spiro atoms. The average molecular weight is 328 g/mol. The maximum atomic E-state index is 6.17. The second-order valence-electron chi connectivity index (χ2n) is 4.61. The summed E-state index contributed by atoms with van der Waals surface area (Å²) in [6.07, 6.45) is 4.28. The standard InChI is InChI=1S/C12H12BrClN4/c1-6-8(5-18(2)17-6)12-15-10(7-3-4-7)9(13)11(14)16-12/h5,7H,3-4H2,1-2H3. The van der Waals surface area contributed by atoms with Crippen LogP contribution in [0, 0.1) is 6.92 Å². The SMILES string of the molecule is Cc1nn(C)cc1-c1nc(Cl)c(Br)c(C2CC2)n1. The van der Waals surface area contributed by atoms with Crippen LogP contribution in [-0.2, 0) is 7.05 Å². The van der Waals surface area contributed by atoms with Crippen molar-refractivity contribution in [2.75, 3.05) is 0 Å². The Labute approximate surface area is 119 Å². The average Bonchev–Trinajstić information content (AvgIpc) is 3.08. The number of hydrogen-bond acceptors (Lipinski definition) is 3. The number of aromatic nitrogens is 4. The lowest BCUT2D eigenvalue weighted by Gasteiger charge is -2.06. The van der Waals surface area contributed by atoms with E-state index >= 15 is 0 Å². The Bertz CT molecular complexity index is 619. The number of hydrogen-bond donors (Lipinski definition) is 0. The zero-order chi connectivity index (χ0) is 12.9. The molecule has 1 saturated carbocycles. The lowest BCUT2D eigenvalue weighted by atomic mass is 10.2. The summed E-state index contributed by atoms with van der Waals surface area (Å²) in [6, 6.07) is 0. The molecular weight excluding hydrogens is 316 g/mol. The highest BCUT2D eigenvalue weighted by atomic mass is 79.9. The molecule has 0 atom stereocenters. The minimum absolute atomic E-state index is 0.477. The molecule has 1 fully saturated rings. The lowest BCUT2D eigenvalue weighted by molar-refractivity contribution is 0.756. The van der Waals surface area contributed by atoms with Crippen LogP contribution in [0.3, 0.4) is 0 Å². The van der Waals surface area contributed by atoms with E-state index in [1.165, 1.54) is 12.8 Å². The molecule has 1 aliphatic rings. The maximum absolute atomic E-state index is 6.17. The van der Waals surface area contributed by atoms with Gasteiger partial charge < -0.3 is 0 Å². The molecule has 0 radical (unpaired) electrons. The molecule has 0 aromatic carbocycles. The zero-order valence-electron chi connectivity index (χ0n) is 10.1. The molecule has 6 heteroatoms. The van der Waals surface area contributed by atoms with Crippen molar-refractivity contribution in [1.29, 1.82) is 0 Å². The minimum atomic E-state index is 0.477. The Kier molecular flexibility index (Phi) is 2.90. The monoisotopic (exact) mass is 326 g/mol. The topological polar surface area (TPSA) is 43.6 Å². The Morgan fingerprint density at radius 3 is 2.67 bits per heavy atom. The Morgan fingerprint density at radius 2 is 2.11 bits per heavy atom. The molecule has 2 aromatic heterocycles. The second-order valence-corrected chi connectivity index (χ2v) is 5.76. The van der Waals surface area contributed by atoms with Crippen molar-refractivity contribution in [3.05, 3.63) is 27.2 Å². The molecule has 0 bridgehead atoms. The van der Waals surface area contributed by atoms with Crippen LogP contribution in [0.25, 0.3) is 11.4 Å². The number of aryl methyl sites for hydroxylation is 2. The van der Waals surface area contributed by atoms with Gasteiger partial charge in [0, 0.05) is 19.2 Å². The fourth-order valence-electron chi connectivity index (χ4n) is 2.00. The molecule has 0 saturated heterocycles. The normalized spacial score (nSPS) is 15.1. The van der Waals surface area contributed by atoms with Crippen LogP contribution in [0.5, 0.6) is 0 Å². The first-order valence-corrected chi connectivity index (χ1v) is 6.97. The molecule has 2 aromatic rings. The van der Waals surface area contributed by atoms with Crippen LogP contribution in [0.15, 0.2) is 10.7 Å². The van der Waals surface area contributed by atoms with Crippen LogP contribution in [0.2, 0.25) is 5.15 Å². The lowest BCUT2D eigenvalue weighted by Crippen LogP contribution is -1.97. The van der Waals surface area contributed by atoms with Crippen molar-refractivity contribution in [1.82, 2.24) is 19.7 Å². The number of nitrogens with zero attached hydrogens (tertiary/aromatic N) is 4. The number of rotatable bonds is 2. The van der Waals surface area contributed by atoms with Gasteiger partial charge in [0.15, 0.2) is 5.82 Å². The van der Waals surface area contributed by atoms with Crippen LogP contribution in [0.4, 0.5) is 0 Å². The van der Waals surface area contributed by atoms with Gasteiger partial charge in [-0.05, 0) is 35.7 Å². The van der Waals surface area contributed by atoms with E-state index in [9.17, 15) is 0 Å². The Balaban J connectivity index is 2.15.